The van der Waals surface area contributed by atoms with E-state index in [4.69, 9.17) is 4.74 Å². The first-order valence-electron chi connectivity index (χ1n) is 6.36. The summed E-state index contributed by atoms with van der Waals surface area (Å²) in [6.45, 7) is 14.2. The summed E-state index contributed by atoms with van der Waals surface area (Å²) >= 11 is 0. The van der Waals surface area contributed by atoms with Crippen molar-refractivity contribution in [3.63, 3.8) is 0 Å². The molecule has 0 aliphatic rings. The Hall–Kier alpha value is -0.790. The van der Waals surface area contributed by atoms with Crippen molar-refractivity contribution in [2.45, 2.75) is 60.0 Å². The lowest BCUT2D eigenvalue weighted by molar-refractivity contribution is -0.150. The molecule has 2 heteroatoms. The van der Waals surface area contributed by atoms with Crippen LogP contribution in [0.3, 0.4) is 0 Å². The average Bonchev–Trinajstić information content (AvgIpc) is 2.32. The minimum absolute atomic E-state index is 0.0193. The van der Waals surface area contributed by atoms with Crippen LogP contribution in [0, 0.1) is 11.8 Å². The maximum absolute atomic E-state index is 11.7. The zero-order valence-corrected chi connectivity index (χ0v) is 11.4. The number of ether oxygens (including phenoxy) is 1. The van der Waals surface area contributed by atoms with E-state index in [9.17, 15) is 4.79 Å². The molecule has 0 fully saturated rings. The third-order valence-corrected chi connectivity index (χ3v) is 3.37. The van der Waals surface area contributed by atoms with Crippen LogP contribution in [-0.2, 0) is 9.53 Å². The summed E-state index contributed by atoms with van der Waals surface area (Å²) in [6.07, 6.45) is 2.74. The molecule has 0 aromatic carbocycles. The van der Waals surface area contributed by atoms with Crippen molar-refractivity contribution in [2.75, 3.05) is 0 Å². The molecule has 0 aromatic heterocycles. The molecular formula is C14H26O2. The highest BCUT2D eigenvalue weighted by molar-refractivity contribution is 5.87. The third kappa shape index (κ3) is 4.38. The molecule has 0 amide bonds. The summed E-state index contributed by atoms with van der Waals surface area (Å²) in [4.78, 5) is 11.7. The van der Waals surface area contributed by atoms with Crippen molar-refractivity contribution in [1.82, 2.24) is 0 Å². The van der Waals surface area contributed by atoms with Gasteiger partial charge in [0, 0.05) is 5.57 Å². The number of carbonyl (C=O) groups is 1. The number of esters is 1. The van der Waals surface area contributed by atoms with Crippen LogP contribution >= 0.6 is 0 Å². The van der Waals surface area contributed by atoms with Crippen LogP contribution in [0.5, 0.6) is 0 Å². The molecule has 0 saturated heterocycles. The predicted octanol–water partition coefficient (Wildman–Crippen LogP) is 3.96. The molecule has 2 nitrogen and oxygen atoms in total. The molecule has 94 valence electrons. The zero-order chi connectivity index (χ0) is 12.7. The Morgan fingerprint density at radius 3 is 1.88 bits per heavy atom. The highest BCUT2D eigenvalue weighted by atomic mass is 16.5. The van der Waals surface area contributed by atoms with Gasteiger partial charge in [0.05, 0.1) is 0 Å². The van der Waals surface area contributed by atoms with E-state index in [0.29, 0.717) is 23.8 Å². The van der Waals surface area contributed by atoms with Gasteiger partial charge < -0.3 is 4.74 Å². The molecule has 2 atom stereocenters. The Balaban J connectivity index is 4.54. The molecule has 0 aliphatic carbocycles. The second-order valence-electron chi connectivity index (χ2n) is 4.60. The topological polar surface area (TPSA) is 26.3 Å². The molecule has 0 saturated carbocycles. The lowest BCUT2D eigenvalue weighted by atomic mass is 9.89. The van der Waals surface area contributed by atoms with Crippen molar-refractivity contribution in [3.8, 4) is 0 Å². The van der Waals surface area contributed by atoms with Crippen LogP contribution in [-0.4, -0.2) is 12.1 Å². The Morgan fingerprint density at radius 1 is 1.12 bits per heavy atom. The van der Waals surface area contributed by atoms with Crippen LogP contribution in [0.15, 0.2) is 12.2 Å². The van der Waals surface area contributed by atoms with Crippen molar-refractivity contribution >= 4 is 5.97 Å². The van der Waals surface area contributed by atoms with Gasteiger partial charge in [-0.1, -0.05) is 54.0 Å². The van der Waals surface area contributed by atoms with Gasteiger partial charge >= 0.3 is 5.97 Å². The highest BCUT2D eigenvalue weighted by Gasteiger charge is 2.25. The molecule has 0 aromatic rings. The van der Waals surface area contributed by atoms with Gasteiger partial charge in [0.25, 0.3) is 0 Å². The van der Waals surface area contributed by atoms with E-state index in [-0.39, 0.29) is 12.1 Å². The highest BCUT2D eigenvalue weighted by Crippen LogP contribution is 2.23. The third-order valence-electron chi connectivity index (χ3n) is 3.37. The minimum atomic E-state index is -0.229. The predicted molar refractivity (Wildman–Crippen MR) is 68.2 cm³/mol. The van der Waals surface area contributed by atoms with Gasteiger partial charge in [0.2, 0.25) is 0 Å². The molecule has 0 heterocycles. The molecule has 16 heavy (non-hydrogen) atoms. The summed E-state index contributed by atoms with van der Waals surface area (Å²) in [5.74, 6) is 0.584. The Morgan fingerprint density at radius 2 is 1.56 bits per heavy atom. The number of hydrogen-bond donors (Lipinski definition) is 0. The number of rotatable bonds is 7. The number of hydrogen-bond acceptors (Lipinski definition) is 2. The fourth-order valence-corrected chi connectivity index (χ4v) is 1.61. The quantitative estimate of drug-likeness (QED) is 0.485. The van der Waals surface area contributed by atoms with Gasteiger partial charge in [0.1, 0.15) is 6.10 Å². The minimum Gasteiger partial charge on any atom is -0.458 e. The van der Waals surface area contributed by atoms with Gasteiger partial charge in [-0.05, 0) is 18.3 Å². The van der Waals surface area contributed by atoms with Gasteiger partial charge in [-0.2, -0.15) is 0 Å². The van der Waals surface area contributed by atoms with Crippen molar-refractivity contribution in [2.24, 2.45) is 11.8 Å². The van der Waals surface area contributed by atoms with Crippen LogP contribution in [0.25, 0.3) is 0 Å². The lowest BCUT2D eigenvalue weighted by Crippen LogP contribution is -2.31. The maximum atomic E-state index is 11.7. The maximum Gasteiger partial charge on any atom is 0.333 e. The first kappa shape index (κ1) is 15.2. The molecule has 0 bridgehead atoms. The molecule has 0 rings (SSSR count). The fourth-order valence-electron chi connectivity index (χ4n) is 1.61. The standard InChI is InChI=1S/C14H26O2/c1-7-10(4)13(11(5)8-2)16-14(15)12(6)9-3/h10-11,13H,6-9H2,1-5H3. The molecule has 2 unspecified atom stereocenters. The van der Waals surface area contributed by atoms with E-state index in [2.05, 4.69) is 34.3 Å². The molecule has 0 radical (unpaired) electrons. The van der Waals surface area contributed by atoms with Crippen LogP contribution < -0.4 is 0 Å². The number of carbonyl (C=O) groups excluding carboxylic acids is 1. The van der Waals surface area contributed by atoms with Crippen molar-refractivity contribution in [3.05, 3.63) is 12.2 Å². The second kappa shape index (κ2) is 7.48. The monoisotopic (exact) mass is 226 g/mol. The largest absolute Gasteiger partial charge is 0.458 e. The van der Waals surface area contributed by atoms with E-state index in [0.717, 1.165) is 12.8 Å². The van der Waals surface area contributed by atoms with E-state index >= 15 is 0 Å². The van der Waals surface area contributed by atoms with E-state index in [1.807, 2.05) is 6.92 Å². The SMILES string of the molecule is C=C(CC)C(=O)OC(C(C)CC)C(C)CC. The summed E-state index contributed by atoms with van der Waals surface area (Å²) < 4.78 is 5.57. The summed E-state index contributed by atoms with van der Waals surface area (Å²) in [6, 6.07) is 0. The Labute approximate surface area is 100 Å². The fraction of sp³-hybridized carbons (Fsp3) is 0.786. The molecular weight excluding hydrogens is 200 g/mol. The van der Waals surface area contributed by atoms with E-state index in [1.54, 1.807) is 0 Å². The summed E-state index contributed by atoms with van der Waals surface area (Å²) in [7, 11) is 0. The molecule has 0 N–H and O–H groups in total. The smallest absolute Gasteiger partial charge is 0.333 e. The van der Waals surface area contributed by atoms with Gasteiger partial charge in [-0.15, -0.1) is 0 Å². The van der Waals surface area contributed by atoms with E-state index in [1.165, 1.54) is 0 Å². The Bertz CT molecular complexity index is 223. The normalized spacial score (nSPS) is 16.3. The Kier molecular flexibility index (Phi) is 7.11. The molecule has 0 aliphatic heterocycles. The average molecular weight is 226 g/mol. The first-order chi connectivity index (χ1) is 7.47. The van der Waals surface area contributed by atoms with Gasteiger partial charge in [0.15, 0.2) is 0 Å². The van der Waals surface area contributed by atoms with Crippen molar-refractivity contribution in [1.29, 1.82) is 0 Å². The first-order valence-corrected chi connectivity index (χ1v) is 6.36. The summed E-state index contributed by atoms with van der Waals surface area (Å²) in [5, 5.41) is 0. The van der Waals surface area contributed by atoms with Gasteiger partial charge in [-0.3, -0.25) is 0 Å². The van der Waals surface area contributed by atoms with Crippen LogP contribution in [0.2, 0.25) is 0 Å². The van der Waals surface area contributed by atoms with Crippen molar-refractivity contribution < 1.29 is 9.53 Å². The lowest BCUT2D eigenvalue weighted by Gasteiger charge is -2.28. The van der Waals surface area contributed by atoms with Crippen LogP contribution in [0.1, 0.15) is 53.9 Å². The summed E-state index contributed by atoms with van der Waals surface area (Å²) in [5.41, 5.74) is 0.566. The zero-order valence-electron chi connectivity index (χ0n) is 11.4. The second-order valence-corrected chi connectivity index (χ2v) is 4.60. The van der Waals surface area contributed by atoms with Crippen LogP contribution in [0.4, 0.5) is 0 Å². The molecule has 0 spiro atoms. The van der Waals surface area contributed by atoms with Gasteiger partial charge in [-0.25, -0.2) is 4.79 Å². The van der Waals surface area contributed by atoms with E-state index < -0.39 is 0 Å².